The van der Waals surface area contributed by atoms with Crippen LogP contribution in [0.25, 0.3) is 0 Å². The van der Waals surface area contributed by atoms with E-state index in [1.807, 2.05) is 11.8 Å². The number of amides is 1. The number of hydrogen-bond donors (Lipinski definition) is 0. The van der Waals surface area contributed by atoms with Crippen LogP contribution in [0.4, 0.5) is 0 Å². The van der Waals surface area contributed by atoms with Gasteiger partial charge in [-0.25, -0.2) is 0 Å². The van der Waals surface area contributed by atoms with Crippen molar-refractivity contribution in [3.63, 3.8) is 0 Å². The fraction of sp³-hybridized carbons (Fsp3) is 0.842. The molecule has 150 valence electrons. The average Bonchev–Trinajstić information content (AvgIpc) is 3.13. The highest BCUT2D eigenvalue weighted by Gasteiger charge is 2.34. The first kappa shape index (κ1) is 18.8. The van der Waals surface area contributed by atoms with Gasteiger partial charge in [0.15, 0.2) is 5.82 Å². The third kappa shape index (κ3) is 4.67. The molecule has 0 N–H and O–H groups in total. The number of piperidine rings is 2. The smallest absolute Gasteiger partial charge is 0.227 e. The average molecular weight is 377 g/mol. The summed E-state index contributed by atoms with van der Waals surface area (Å²) < 4.78 is 10.5. The molecule has 3 saturated heterocycles. The van der Waals surface area contributed by atoms with Crippen LogP contribution in [0, 0.1) is 12.8 Å². The molecule has 0 spiro atoms. The van der Waals surface area contributed by atoms with Gasteiger partial charge in [-0.1, -0.05) is 5.16 Å². The van der Waals surface area contributed by atoms with E-state index in [1.165, 1.54) is 0 Å². The lowest BCUT2D eigenvalue weighted by molar-refractivity contribution is -0.142. The number of likely N-dealkylation sites (tertiary alicyclic amines) is 2. The lowest BCUT2D eigenvalue weighted by Crippen LogP contribution is -2.52. The summed E-state index contributed by atoms with van der Waals surface area (Å²) >= 11 is 0. The van der Waals surface area contributed by atoms with Gasteiger partial charge in [0.25, 0.3) is 0 Å². The van der Waals surface area contributed by atoms with Gasteiger partial charge in [0.1, 0.15) is 0 Å². The molecule has 1 amide bonds. The summed E-state index contributed by atoms with van der Waals surface area (Å²) in [4.78, 5) is 24.1. The Hall–Kier alpha value is -1.51. The van der Waals surface area contributed by atoms with Crippen LogP contribution >= 0.6 is 0 Å². The second-order valence-electron chi connectivity index (χ2n) is 8.01. The molecule has 0 radical (unpaired) electrons. The predicted molar refractivity (Wildman–Crippen MR) is 99.0 cm³/mol. The van der Waals surface area contributed by atoms with E-state index >= 15 is 0 Å². The summed E-state index contributed by atoms with van der Waals surface area (Å²) in [5, 5.41) is 4.00. The maximum Gasteiger partial charge on any atom is 0.227 e. The van der Waals surface area contributed by atoms with Gasteiger partial charge in [-0.2, -0.15) is 4.98 Å². The molecule has 0 aromatic carbocycles. The van der Waals surface area contributed by atoms with Crippen LogP contribution < -0.4 is 0 Å². The van der Waals surface area contributed by atoms with Gasteiger partial charge in [-0.15, -0.1) is 0 Å². The molecule has 8 heteroatoms. The van der Waals surface area contributed by atoms with Crippen LogP contribution in [0.3, 0.4) is 0 Å². The molecule has 0 saturated carbocycles. The summed E-state index contributed by atoms with van der Waals surface area (Å²) in [5.74, 6) is 1.91. The maximum atomic E-state index is 12.9. The first-order valence-electron chi connectivity index (χ1n) is 10.3. The Morgan fingerprint density at radius 1 is 1.11 bits per heavy atom. The van der Waals surface area contributed by atoms with E-state index in [0.717, 1.165) is 77.3 Å². The van der Waals surface area contributed by atoms with Crippen molar-refractivity contribution in [2.75, 3.05) is 52.5 Å². The van der Waals surface area contributed by atoms with Crippen LogP contribution in [-0.2, 0) is 16.1 Å². The fourth-order valence-corrected chi connectivity index (χ4v) is 4.63. The second kappa shape index (κ2) is 8.67. The lowest BCUT2D eigenvalue weighted by atomic mass is 9.92. The monoisotopic (exact) mass is 377 g/mol. The molecule has 1 unspecified atom stereocenters. The number of nitrogens with zero attached hydrogens (tertiary/aromatic N) is 5. The van der Waals surface area contributed by atoms with Crippen LogP contribution in [0.1, 0.15) is 37.4 Å². The first-order chi connectivity index (χ1) is 13.2. The third-order valence-corrected chi connectivity index (χ3v) is 6.13. The summed E-state index contributed by atoms with van der Waals surface area (Å²) in [5.41, 5.74) is 0. The van der Waals surface area contributed by atoms with Crippen molar-refractivity contribution in [3.05, 3.63) is 11.7 Å². The standard InChI is InChI=1S/C19H31N5O3/c1-15-20-18(21-27-15)14-22-7-4-17(5-8-22)24-6-2-3-16(13-24)19(25)23-9-11-26-12-10-23/h16-17H,2-14H2,1H3. The van der Waals surface area contributed by atoms with Gasteiger partial charge in [-0.3, -0.25) is 14.6 Å². The quantitative estimate of drug-likeness (QED) is 0.772. The van der Waals surface area contributed by atoms with Gasteiger partial charge in [-0.05, 0) is 32.2 Å². The van der Waals surface area contributed by atoms with Crippen molar-refractivity contribution in [2.24, 2.45) is 5.92 Å². The lowest BCUT2D eigenvalue weighted by Gasteiger charge is -2.42. The second-order valence-corrected chi connectivity index (χ2v) is 8.01. The zero-order chi connectivity index (χ0) is 18.6. The van der Waals surface area contributed by atoms with Crippen LogP contribution in [0.2, 0.25) is 0 Å². The van der Waals surface area contributed by atoms with Gasteiger partial charge >= 0.3 is 0 Å². The third-order valence-electron chi connectivity index (χ3n) is 6.13. The molecule has 8 nitrogen and oxygen atoms in total. The molecule has 3 fully saturated rings. The molecular formula is C19H31N5O3. The summed E-state index contributed by atoms with van der Waals surface area (Å²) in [7, 11) is 0. The molecule has 4 rings (SSSR count). The molecule has 27 heavy (non-hydrogen) atoms. The molecule has 0 bridgehead atoms. The fourth-order valence-electron chi connectivity index (χ4n) is 4.63. The number of carbonyl (C=O) groups excluding carboxylic acids is 1. The van der Waals surface area contributed by atoms with E-state index in [0.29, 0.717) is 31.1 Å². The number of rotatable bonds is 4. The Kier molecular flexibility index (Phi) is 6.04. The van der Waals surface area contributed by atoms with Crippen LogP contribution in [-0.4, -0.2) is 89.3 Å². The van der Waals surface area contributed by atoms with E-state index in [4.69, 9.17) is 9.26 Å². The van der Waals surface area contributed by atoms with Crippen molar-refractivity contribution >= 4 is 5.91 Å². The number of hydrogen-bond acceptors (Lipinski definition) is 7. The highest BCUT2D eigenvalue weighted by molar-refractivity contribution is 5.79. The molecule has 1 aromatic rings. The molecule has 4 heterocycles. The SMILES string of the molecule is Cc1nc(CN2CCC(N3CCCC(C(=O)N4CCOCC4)C3)CC2)no1. The van der Waals surface area contributed by atoms with E-state index in [9.17, 15) is 4.79 Å². The number of morpholine rings is 1. The van der Waals surface area contributed by atoms with Crippen molar-refractivity contribution < 1.29 is 14.1 Å². The van der Waals surface area contributed by atoms with E-state index in [1.54, 1.807) is 0 Å². The number of carbonyl (C=O) groups is 1. The van der Waals surface area contributed by atoms with Gasteiger partial charge in [0, 0.05) is 45.7 Å². The van der Waals surface area contributed by atoms with Crippen molar-refractivity contribution in [3.8, 4) is 0 Å². The van der Waals surface area contributed by atoms with Crippen molar-refractivity contribution in [2.45, 2.75) is 45.2 Å². The van der Waals surface area contributed by atoms with Gasteiger partial charge < -0.3 is 14.2 Å². The Bertz CT molecular complexity index is 623. The number of ether oxygens (including phenoxy) is 1. The minimum Gasteiger partial charge on any atom is -0.378 e. The minimum absolute atomic E-state index is 0.164. The largest absolute Gasteiger partial charge is 0.378 e. The molecule has 0 aliphatic carbocycles. The topological polar surface area (TPSA) is 74.9 Å². The minimum atomic E-state index is 0.164. The van der Waals surface area contributed by atoms with Crippen LogP contribution in [0.5, 0.6) is 0 Å². The summed E-state index contributed by atoms with van der Waals surface area (Å²) in [6.07, 6.45) is 4.45. The predicted octanol–water partition coefficient (Wildman–Crippen LogP) is 0.913. The first-order valence-corrected chi connectivity index (χ1v) is 10.3. The Morgan fingerprint density at radius 2 is 1.89 bits per heavy atom. The number of aromatic nitrogens is 2. The molecule has 1 aromatic heterocycles. The van der Waals surface area contributed by atoms with E-state index in [2.05, 4.69) is 19.9 Å². The number of aryl methyl sites for hydroxylation is 1. The zero-order valence-electron chi connectivity index (χ0n) is 16.3. The van der Waals surface area contributed by atoms with E-state index < -0.39 is 0 Å². The van der Waals surface area contributed by atoms with Crippen LogP contribution in [0.15, 0.2) is 4.52 Å². The van der Waals surface area contributed by atoms with Crippen molar-refractivity contribution in [1.82, 2.24) is 24.8 Å². The summed E-state index contributed by atoms with van der Waals surface area (Å²) in [6, 6.07) is 0.591. The molecule has 3 aliphatic heterocycles. The van der Waals surface area contributed by atoms with E-state index in [-0.39, 0.29) is 5.92 Å². The maximum absolute atomic E-state index is 12.9. The summed E-state index contributed by atoms with van der Waals surface area (Å²) in [6.45, 7) is 9.61. The zero-order valence-corrected chi connectivity index (χ0v) is 16.3. The molecule has 3 aliphatic rings. The normalized spacial score (nSPS) is 26.4. The molecular weight excluding hydrogens is 346 g/mol. The van der Waals surface area contributed by atoms with Crippen molar-refractivity contribution in [1.29, 1.82) is 0 Å². The Balaban J connectivity index is 1.26. The highest BCUT2D eigenvalue weighted by Crippen LogP contribution is 2.25. The van der Waals surface area contributed by atoms with Gasteiger partial charge in [0.05, 0.1) is 25.7 Å². The van der Waals surface area contributed by atoms with Gasteiger partial charge in [0.2, 0.25) is 11.8 Å². The molecule has 1 atom stereocenters. The Morgan fingerprint density at radius 3 is 2.59 bits per heavy atom. The highest BCUT2D eigenvalue weighted by atomic mass is 16.5. The Labute approximate surface area is 160 Å².